The predicted molar refractivity (Wildman–Crippen MR) is 150 cm³/mol. The summed E-state index contributed by atoms with van der Waals surface area (Å²) in [5.41, 5.74) is 4.48. The highest BCUT2D eigenvalue weighted by Crippen LogP contribution is 2.34. The number of imidazole rings is 1. The molecular weight excluding hydrogens is 493 g/mol. The van der Waals surface area contributed by atoms with E-state index >= 15 is 4.39 Å². The van der Waals surface area contributed by atoms with Crippen LogP contribution < -0.4 is 10.2 Å². The molecule has 3 N–H and O–H groups in total. The maximum absolute atomic E-state index is 16.1. The molecule has 0 amide bonds. The zero-order valence-electron chi connectivity index (χ0n) is 21.9. The van der Waals surface area contributed by atoms with Crippen LogP contribution >= 0.6 is 0 Å². The predicted octanol–water partition coefficient (Wildman–Crippen LogP) is 5.37. The summed E-state index contributed by atoms with van der Waals surface area (Å²) in [4.78, 5) is 23.9. The van der Waals surface area contributed by atoms with Crippen molar-refractivity contribution < 1.29 is 4.39 Å². The SMILES string of the molecule is Fc1c(-c2cncc(CNCC3CCCC3)c2)ncc2[nH]nc(-c3nc4c(N5CCCCC5)nccc4[nH]3)c12. The lowest BCUT2D eigenvalue weighted by Gasteiger charge is -2.27. The second kappa shape index (κ2) is 10.3. The number of aromatic nitrogens is 7. The second-order valence-corrected chi connectivity index (χ2v) is 10.8. The highest BCUT2D eigenvalue weighted by molar-refractivity contribution is 5.96. The first kappa shape index (κ1) is 24.1. The first-order valence-corrected chi connectivity index (χ1v) is 14.0. The molecule has 0 bridgehead atoms. The van der Waals surface area contributed by atoms with E-state index in [0.717, 1.165) is 60.8 Å². The fourth-order valence-corrected chi connectivity index (χ4v) is 6.07. The number of anilines is 1. The number of hydrogen-bond acceptors (Lipinski definition) is 7. The molecule has 5 aromatic heterocycles. The fraction of sp³-hybridized carbons (Fsp3) is 0.414. The number of nitrogens with zero attached hydrogens (tertiary/aromatic N) is 6. The molecule has 1 saturated heterocycles. The average molecular weight is 526 g/mol. The number of nitrogens with one attached hydrogen (secondary N) is 3. The van der Waals surface area contributed by atoms with Gasteiger partial charge in [0, 0.05) is 43.8 Å². The van der Waals surface area contributed by atoms with Crippen LogP contribution in [-0.4, -0.2) is 54.8 Å². The molecule has 1 aliphatic carbocycles. The van der Waals surface area contributed by atoms with E-state index in [-0.39, 0.29) is 5.69 Å². The van der Waals surface area contributed by atoms with Crippen molar-refractivity contribution in [2.24, 2.45) is 5.92 Å². The Kier molecular flexibility index (Phi) is 6.40. The molecule has 0 unspecified atom stereocenters. The van der Waals surface area contributed by atoms with Crippen LogP contribution in [0.3, 0.4) is 0 Å². The van der Waals surface area contributed by atoms with E-state index in [0.29, 0.717) is 34.5 Å². The van der Waals surface area contributed by atoms with Crippen LogP contribution in [0, 0.1) is 11.7 Å². The zero-order chi connectivity index (χ0) is 26.2. The Morgan fingerprint density at radius 2 is 1.85 bits per heavy atom. The maximum Gasteiger partial charge on any atom is 0.161 e. The number of aromatic amines is 2. The summed E-state index contributed by atoms with van der Waals surface area (Å²) in [6, 6.07) is 3.86. The van der Waals surface area contributed by atoms with Crippen LogP contribution in [0.5, 0.6) is 0 Å². The molecule has 6 heterocycles. The first-order chi connectivity index (χ1) is 19.2. The van der Waals surface area contributed by atoms with Gasteiger partial charge in [0.25, 0.3) is 0 Å². The Hall–Kier alpha value is -3.92. The molecule has 9 nitrogen and oxygen atoms in total. The van der Waals surface area contributed by atoms with Gasteiger partial charge in [-0.15, -0.1) is 0 Å². The largest absolute Gasteiger partial charge is 0.355 e. The number of piperidine rings is 1. The van der Waals surface area contributed by atoms with E-state index in [9.17, 15) is 0 Å². The Labute approximate surface area is 225 Å². The molecule has 2 fully saturated rings. The molecule has 0 aromatic carbocycles. The number of pyridine rings is 3. The van der Waals surface area contributed by atoms with E-state index in [2.05, 4.69) is 40.3 Å². The van der Waals surface area contributed by atoms with Crippen LogP contribution in [-0.2, 0) is 6.54 Å². The quantitative estimate of drug-likeness (QED) is 0.262. The normalized spacial score (nSPS) is 16.6. The molecule has 1 saturated carbocycles. The summed E-state index contributed by atoms with van der Waals surface area (Å²) < 4.78 is 16.1. The lowest BCUT2D eigenvalue weighted by molar-refractivity contribution is 0.489. The number of fused-ring (bicyclic) bond motifs is 2. The van der Waals surface area contributed by atoms with Gasteiger partial charge in [-0.25, -0.2) is 14.4 Å². The summed E-state index contributed by atoms with van der Waals surface area (Å²) in [7, 11) is 0. The summed E-state index contributed by atoms with van der Waals surface area (Å²) in [5.74, 6) is 1.68. The van der Waals surface area contributed by atoms with E-state index < -0.39 is 5.82 Å². The van der Waals surface area contributed by atoms with Gasteiger partial charge in [-0.1, -0.05) is 12.8 Å². The molecule has 10 heteroatoms. The monoisotopic (exact) mass is 525 g/mol. The first-order valence-electron chi connectivity index (χ1n) is 14.0. The molecule has 1 aliphatic heterocycles. The number of rotatable bonds is 7. The van der Waals surface area contributed by atoms with Crippen LogP contribution in [0.2, 0.25) is 0 Å². The van der Waals surface area contributed by atoms with Gasteiger partial charge in [0.1, 0.15) is 16.9 Å². The van der Waals surface area contributed by atoms with Gasteiger partial charge in [0.05, 0.1) is 22.6 Å². The van der Waals surface area contributed by atoms with Crippen molar-refractivity contribution in [3.63, 3.8) is 0 Å². The van der Waals surface area contributed by atoms with Gasteiger partial charge in [-0.2, -0.15) is 5.10 Å². The van der Waals surface area contributed by atoms with Crippen LogP contribution in [0.25, 0.3) is 44.7 Å². The van der Waals surface area contributed by atoms with E-state index in [4.69, 9.17) is 4.98 Å². The van der Waals surface area contributed by atoms with E-state index in [1.807, 2.05) is 18.3 Å². The van der Waals surface area contributed by atoms with E-state index in [1.54, 1.807) is 18.6 Å². The number of halogens is 1. The molecule has 0 spiro atoms. The Balaban J connectivity index is 1.21. The minimum Gasteiger partial charge on any atom is -0.355 e. The second-order valence-electron chi connectivity index (χ2n) is 10.8. The van der Waals surface area contributed by atoms with Crippen LogP contribution in [0.4, 0.5) is 10.2 Å². The lowest BCUT2D eigenvalue weighted by Crippen LogP contribution is -2.30. The Bertz CT molecular complexity index is 1610. The number of H-pyrrole nitrogens is 2. The van der Waals surface area contributed by atoms with Crippen LogP contribution in [0.1, 0.15) is 50.5 Å². The van der Waals surface area contributed by atoms with Gasteiger partial charge < -0.3 is 15.2 Å². The lowest BCUT2D eigenvalue weighted by atomic mass is 10.1. The summed E-state index contributed by atoms with van der Waals surface area (Å²) in [6.07, 6.45) is 15.7. The van der Waals surface area contributed by atoms with Gasteiger partial charge in [-0.05, 0) is 62.3 Å². The van der Waals surface area contributed by atoms with Crippen molar-refractivity contribution in [1.82, 2.24) is 40.4 Å². The molecule has 0 atom stereocenters. The summed E-state index contributed by atoms with van der Waals surface area (Å²) in [5, 5.41) is 11.3. The molecule has 5 aromatic rings. The third-order valence-electron chi connectivity index (χ3n) is 8.11. The van der Waals surface area contributed by atoms with Gasteiger partial charge >= 0.3 is 0 Å². The molecule has 2 aliphatic rings. The maximum atomic E-state index is 16.1. The topological polar surface area (TPSA) is 111 Å². The van der Waals surface area contributed by atoms with Gasteiger partial charge in [0.2, 0.25) is 0 Å². The number of hydrogen-bond donors (Lipinski definition) is 3. The smallest absolute Gasteiger partial charge is 0.161 e. The van der Waals surface area contributed by atoms with Gasteiger partial charge in [-0.3, -0.25) is 15.1 Å². The van der Waals surface area contributed by atoms with Crippen molar-refractivity contribution in [2.75, 3.05) is 24.5 Å². The third-order valence-corrected chi connectivity index (χ3v) is 8.11. The van der Waals surface area contributed by atoms with Crippen molar-refractivity contribution in [1.29, 1.82) is 0 Å². The Morgan fingerprint density at radius 3 is 2.72 bits per heavy atom. The highest BCUT2D eigenvalue weighted by atomic mass is 19.1. The minimum absolute atomic E-state index is 0.252. The standard InChI is InChI=1S/C29H32FN9/c30-24-23-22(17-34-25(24)20-12-19(15-32-16-20)14-31-13-18-6-2-3-7-18)37-38-27(23)28-35-21-8-9-33-29(26(21)36-28)39-10-4-1-5-11-39/h8-9,12,15-18,31H,1-7,10-11,13-14H2,(H,35,36)(H,37,38). The Morgan fingerprint density at radius 1 is 0.974 bits per heavy atom. The van der Waals surface area contributed by atoms with Gasteiger partial charge in [0.15, 0.2) is 17.5 Å². The highest BCUT2D eigenvalue weighted by Gasteiger charge is 2.23. The van der Waals surface area contributed by atoms with Crippen molar-refractivity contribution in [2.45, 2.75) is 51.5 Å². The molecule has 7 rings (SSSR count). The van der Waals surface area contributed by atoms with Crippen LogP contribution in [0.15, 0.2) is 36.9 Å². The molecule has 200 valence electrons. The molecule has 0 radical (unpaired) electrons. The summed E-state index contributed by atoms with van der Waals surface area (Å²) in [6.45, 7) is 3.64. The van der Waals surface area contributed by atoms with Crippen molar-refractivity contribution in [3.05, 3.63) is 48.3 Å². The van der Waals surface area contributed by atoms with E-state index in [1.165, 1.54) is 32.1 Å². The zero-order valence-corrected chi connectivity index (χ0v) is 21.9. The average Bonchev–Trinajstić information content (AvgIpc) is 3.73. The molecule has 39 heavy (non-hydrogen) atoms. The molecular formula is C29H32FN9. The minimum atomic E-state index is -0.441. The third kappa shape index (κ3) is 4.63. The van der Waals surface area contributed by atoms with Crippen molar-refractivity contribution in [3.8, 4) is 22.8 Å². The van der Waals surface area contributed by atoms with Crippen molar-refractivity contribution >= 4 is 27.8 Å². The fourth-order valence-electron chi connectivity index (χ4n) is 6.07. The summed E-state index contributed by atoms with van der Waals surface area (Å²) >= 11 is 0.